The van der Waals surface area contributed by atoms with Crippen LogP contribution in [-0.4, -0.2) is 55.6 Å². The van der Waals surface area contributed by atoms with Crippen molar-refractivity contribution >= 4 is 34.7 Å². The molecular weight excluding hydrogens is 387 g/mol. The summed E-state index contributed by atoms with van der Waals surface area (Å²) in [4.78, 5) is 16.9. The molecule has 1 N–H and O–H groups in total. The molecule has 2 aromatic rings. The monoisotopic (exact) mass is 408 g/mol. The summed E-state index contributed by atoms with van der Waals surface area (Å²) in [7, 11) is 1.47. The summed E-state index contributed by atoms with van der Waals surface area (Å²) >= 11 is 12.4. The molecule has 0 amide bonds. The second-order valence-electron chi connectivity index (χ2n) is 6.46. The average Bonchev–Trinajstić information content (AvgIpc) is 2.69. The van der Waals surface area contributed by atoms with Gasteiger partial charge in [0, 0.05) is 44.7 Å². The first kappa shape index (κ1) is 19.8. The van der Waals surface area contributed by atoms with Gasteiger partial charge in [-0.1, -0.05) is 29.3 Å². The number of phenols is 1. The molecule has 0 aliphatic carbocycles. The van der Waals surface area contributed by atoms with Crippen LogP contribution in [0.1, 0.15) is 16.8 Å². The van der Waals surface area contributed by atoms with Crippen molar-refractivity contribution in [2.45, 2.75) is 6.42 Å². The number of piperazine rings is 1. The largest absolute Gasteiger partial charge is 0.504 e. The van der Waals surface area contributed by atoms with E-state index in [-0.39, 0.29) is 11.5 Å². The van der Waals surface area contributed by atoms with Gasteiger partial charge in [0.15, 0.2) is 17.3 Å². The maximum Gasteiger partial charge on any atom is 0.164 e. The number of rotatable bonds is 6. The second-order valence-corrected chi connectivity index (χ2v) is 7.25. The third-order valence-corrected chi connectivity index (χ3v) is 5.61. The molecule has 7 heteroatoms. The Bertz CT molecular complexity index is 821. The number of phenolic OH excluding ortho intramolecular Hbond substituents is 1. The molecule has 0 spiro atoms. The van der Waals surface area contributed by atoms with Crippen molar-refractivity contribution in [3.63, 3.8) is 0 Å². The Labute approximate surface area is 169 Å². The molecule has 0 bridgehead atoms. The lowest BCUT2D eigenvalue weighted by molar-refractivity contribution is 0.0962. The SMILES string of the molecule is COc1cc(C(=O)CCN2CCN(c3cccc(Cl)c3Cl)CC2)ccc1O. The third-order valence-electron chi connectivity index (χ3n) is 4.80. The van der Waals surface area contributed by atoms with Crippen LogP contribution in [0.25, 0.3) is 0 Å². The van der Waals surface area contributed by atoms with E-state index in [2.05, 4.69) is 9.80 Å². The maximum atomic E-state index is 12.4. The van der Waals surface area contributed by atoms with Crippen LogP contribution in [0.2, 0.25) is 10.0 Å². The molecule has 0 unspecified atom stereocenters. The molecule has 1 saturated heterocycles. The number of benzene rings is 2. The molecule has 3 rings (SSSR count). The van der Waals surface area contributed by atoms with Crippen molar-refractivity contribution in [2.75, 3.05) is 44.7 Å². The summed E-state index contributed by atoms with van der Waals surface area (Å²) in [6.07, 6.45) is 0.422. The number of ketones is 1. The Morgan fingerprint density at radius 3 is 2.59 bits per heavy atom. The van der Waals surface area contributed by atoms with Crippen molar-refractivity contribution < 1.29 is 14.6 Å². The van der Waals surface area contributed by atoms with Gasteiger partial charge in [-0.05, 0) is 30.3 Å². The van der Waals surface area contributed by atoms with Gasteiger partial charge in [-0.15, -0.1) is 0 Å². The number of carbonyl (C=O) groups is 1. The molecule has 0 radical (unpaired) electrons. The third kappa shape index (κ3) is 4.67. The minimum atomic E-state index is 0.0323. The van der Waals surface area contributed by atoms with Gasteiger partial charge >= 0.3 is 0 Å². The van der Waals surface area contributed by atoms with Crippen LogP contribution < -0.4 is 9.64 Å². The Hall–Kier alpha value is -1.95. The molecule has 0 saturated carbocycles. The standard InChI is InChI=1S/C20H22Cl2N2O3/c1-27-19-13-14(5-6-18(19)26)17(25)7-8-23-9-11-24(12-10-23)16-4-2-3-15(21)20(16)22/h2-6,13,26H,7-12H2,1H3. The van der Waals surface area contributed by atoms with Crippen LogP contribution in [0.5, 0.6) is 11.5 Å². The van der Waals surface area contributed by atoms with E-state index in [4.69, 9.17) is 27.9 Å². The first-order chi connectivity index (χ1) is 13.0. The molecule has 1 heterocycles. The molecule has 2 aromatic carbocycles. The zero-order chi connectivity index (χ0) is 19.4. The topological polar surface area (TPSA) is 53.0 Å². The molecule has 5 nitrogen and oxygen atoms in total. The molecule has 1 fully saturated rings. The van der Waals surface area contributed by atoms with E-state index < -0.39 is 0 Å². The molecule has 27 heavy (non-hydrogen) atoms. The Morgan fingerprint density at radius 2 is 1.89 bits per heavy atom. The van der Waals surface area contributed by atoms with Gasteiger partial charge in [0.25, 0.3) is 0 Å². The van der Waals surface area contributed by atoms with Gasteiger partial charge in [-0.2, -0.15) is 0 Å². The predicted octanol–water partition coefficient (Wildman–Crippen LogP) is 4.10. The maximum absolute atomic E-state index is 12.4. The van der Waals surface area contributed by atoms with Crippen molar-refractivity contribution in [3.8, 4) is 11.5 Å². The van der Waals surface area contributed by atoms with E-state index in [1.54, 1.807) is 18.2 Å². The van der Waals surface area contributed by atoms with Crippen LogP contribution in [-0.2, 0) is 0 Å². The van der Waals surface area contributed by atoms with Crippen molar-refractivity contribution in [3.05, 3.63) is 52.0 Å². The number of aromatic hydroxyl groups is 1. The van der Waals surface area contributed by atoms with Gasteiger partial charge < -0.3 is 14.7 Å². The lowest BCUT2D eigenvalue weighted by Crippen LogP contribution is -2.47. The Kier molecular flexibility index (Phi) is 6.47. The number of ether oxygens (including phenoxy) is 1. The zero-order valence-corrected chi connectivity index (χ0v) is 16.6. The summed E-state index contributed by atoms with van der Waals surface area (Å²) in [6, 6.07) is 10.4. The lowest BCUT2D eigenvalue weighted by Gasteiger charge is -2.36. The van der Waals surface area contributed by atoms with Crippen LogP contribution in [0.15, 0.2) is 36.4 Å². The quantitative estimate of drug-likeness (QED) is 0.728. The summed E-state index contributed by atoms with van der Waals surface area (Å²) in [5, 5.41) is 10.8. The fourth-order valence-electron chi connectivity index (χ4n) is 3.20. The first-order valence-electron chi connectivity index (χ1n) is 8.81. The highest BCUT2D eigenvalue weighted by Gasteiger charge is 2.20. The van der Waals surface area contributed by atoms with E-state index >= 15 is 0 Å². The number of methoxy groups -OCH3 is 1. The zero-order valence-electron chi connectivity index (χ0n) is 15.1. The van der Waals surface area contributed by atoms with Gasteiger partial charge in [0.2, 0.25) is 0 Å². The Morgan fingerprint density at radius 1 is 1.15 bits per heavy atom. The van der Waals surface area contributed by atoms with E-state index in [1.807, 2.05) is 12.1 Å². The number of hydrogen-bond donors (Lipinski definition) is 1. The van der Waals surface area contributed by atoms with Crippen molar-refractivity contribution in [1.29, 1.82) is 0 Å². The van der Waals surface area contributed by atoms with Gasteiger partial charge in [-0.25, -0.2) is 0 Å². The normalized spacial score (nSPS) is 15.0. The molecule has 1 aliphatic rings. The fraction of sp³-hybridized carbons (Fsp3) is 0.350. The van der Waals surface area contributed by atoms with E-state index in [9.17, 15) is 9.90 Å². The van der Waals surface area contributed by atoms with Gasteiger partial charge in [0.05, 0.1) is 22.8 Å². The summed E-state index contributed by atoms with van der Waals surface area (Å²) in [5.74, 6) is 0.381. The van der Waals surface area contributed by atoms with Crippen molar-refractivity contribution in [1.82, 2.24) is 4.90 Å². The minimum absolute atomic E-state index is 0.0323. The number of halogens is 2. The van der Waals surface area contributed by atoms with Crippen LogP contribution in [0, 0.1) is 0 Å². The fourth-order valence-corrected chi connectivity index (χ4v) is 3.62. The number of carbonyl (C=O) groups excluding carboxylic acids is 1. The Balaban J connectivity index is 1.52. The number of anilines is 1. The summed E-state index contributed by atoms with van der Waals surface area (Å²) in [6.45, 7) is 4.08. The van der Waals surface area contributed by atoms with Crippen LogP contribution in [0.4, 0.5) is 5.69 Å². The lowest BCUT2D eigenvalue weighted by atomic mass is 10.1. The summed E-state index contributed by atoms with van der Waals surface area (Å²) < 4.78 is 5.06. The molecule has 0 atom stereocenters. The number of nitrogens with zero attached hydrogens (tertiary/aromatic N) is 2. The highest BCUT2D eigenvalue weighted by atomic mass is 35.5. The number of Topliss-reactive ketones (excluding diaryl/α,β-unsaturated/α-hetero) is 1. The van der Waals surface area contributed by atoms with Gasteiger partial charge in [-0.3, -0.25) is 9.69 Å². The van der Waals surface area contributed by atoms with Crippen molar-refractivity contribution in [2.24, 2.45) is 0 Å². The van der Waals surface area contributed by atoms with Gasteiger partial charge in [0.1, 0.15) is 0 Å². The molecule has 1 aliphatic heterocycles. The van der Waals surface area contributed by atoms with E-state index in [1.165, 1.54) is 13.2 Å². The summed E-state index contributed by atoms with van der Waals surface area (Å²) in [5.41, 5.74) is 1.50. The highest BCUT2D eigenvalue weighted by molar-refractivity contribution is 6.43. The second kappa shape index (κ2) is 8.83. The molecule has 144 valence electrons. The smallest absolute Gasteiger partial charge is 0.164 e. The van der Waals surface area contributed by atoms with Crippen LogP contribution in [0.3, 0.4) is 0 Å². The molecule has 0 aromatic heterocycles. The number of hydrogen-bond acceptors (Lipinski definition) is 5. The van der Waals surface area contributed by atoms with E-state index in [0.717, 1.165) is 31.9 Å². The predicted molar refractivity (Wildman–Crippen MR) is 109 cm³/mol. The molecular formula is C20H22Cl2N2O3. The van der Waals surface area contributed by atoms with E-state index in [0.29, 0.717) is 34.3 Å². The van der Waals surface area contributed by atoms with Crippen LogP contribution >= 0.6 is 23.2 Å². The minimum Gasteiger partial charge on any atom is -0.504 e. The average molecular weight is 409 g/mol. The highest BCUT2D eigenvalue weighted by Crippen LogP contribution is 2.33. The first-order valence-corrected chi connectivity index (χ1v) is 9.56.